The van der Waals surface area contributed by atoms with Crippen molar-refractivity contribution in [2.75, 3.05) is 0 Å². The Morgan fingerprint density at radius 1 is 1.24 bits per heavy atom. The first-order chi connectivity index (χ1) is 7.88. The van der Waals surface area contributed by atoms with E-state index < -0.39 is 12.1 Å². The average Bonchev–Trinajstić information content (AvgIpc) is 2.29. The minimum Gasteiger partial charge on any atom is -0.478 e. The van der Waals surface area contributed by atoms with Gasteiger partial charge in [0.15, 0.2) is 0 Å². The van der Waals surface area contributed by atoms with Gasteiger partial charge in [-0.1, -0.05) is 34.6 Å². The molecule has 0 fully saturated rings. The van der Waals surface area contributed by atoms with Crippen LogP contribution in [0.4, 0.5) is 4.79 Å². The highest BCUT2D eigenvalue weighted by atomic mass is 79.9. The summed E-state index contributed by atoms with van der Waals surface area (Å²) in [7, 11) is 0. The molecule has 0 unspecified atom stereocenters. The molecule has 1 rings (SSSR count). The summed E-state index contributed by atoms with van der Waals surface area (Å²) in [6, 6.07) is 6.98. The van der Waals surface area contributed by atoms with Gasteiger partial charge in [0.05, 0.1) is 5.57 Å². The molecule has 0 heterocycles. The lowest BCUT2D eigenvalue weighted by Crippen LogP contribution is -2.27. The minimum absolute atomic E-state index is 0.113. The topological polar surface area (TPSA) is 113 Å². The molecule has 1 amide bonds. The van der Waals surface area contributed by atoms with Crippen LogP contribution in [-0.2, 0) is 4.79 Å². The van der Waals surface area contributed by atoms with Crippen molar-refractivity contribution < 1.29 is 19.8 Å². The fraction of sp³-hybridized carbons (Fsp3) is 0. The van der Waals surface area contributed by atoms with Gasteiger partial charge in [0.25, 0.3) is 0 Å². The Morgan fingerprint density at radius 2 is 1.65 bits per heavy atom. The van der Waals surface area contributed by atoms with Crippen molar-refractivity contribution in [3.8, 4) is 0 Å². The molecule has 0 aliphatic heterocycles. The summed E-state index contributed by atoms with van der Waals surface area (Å²) in [4.78, 5) is 19.6. The molecule has 17 heavy (non-hydrogen) atoms. The summed E-state index contributed by atoms with van der Waals surface area (Å²) < 4.78 is 0.921. The predicted molar refractivity (Wildman–Crippen MR) is 66.2 cm³/mol. The lowest BCUT2D eigenvalue weighted by molar-refractivity contribution is -0.130. The summed E-state index contributed by atoms with van der Waals surface area (Å²) >= 11 is 3.25. The molecule has 5 N–H and O–H groups in total. The van der Waals surface area contributed by atoms with E-state index in [0.717, 1.165) is 4.47 Å². The van der Waals surface area contributed by atoms with Crippen molar-refractivity contribution in [2.24, 2.45) is 5.84 Å². The molecule has 0 aromatic heterocycles. The highest BCUT2D eigenvalue weighted by Gasteiger charge is 2.05. The number of amides is 1. The van der Waals surface area contributed by atoms with Crippen LogP contribution < -0.4 is 11.3 Å². The van der Waals surface area contributed by atoms with Crippen molar-refractivity contribution in [2.45, 2.75) is 0 Å². The Hall–Kier alpha value is -1.86. The molecule has 0 bridgehead atoms. The van der Waals surface area contributed by atoms with Crippen molar-refractivity contribution in [3.63, 3.8) is 0 Å². The fourth-order valence-electron chi connectivity index (χ4n) is 0.775. The van der Waals surface area contributed by atoms with Gasteiger partial charge in [-0.25, -0.2) is 15.4 Å². The summed E-state index contributed by atoms with van der Waals surface area (Å²) in [6.07, 6.45) is -1.22. The maximum Gasteiger partial charge on any atom is 0.418 e. The number of benzene rings is 1. The van der Waals surface area contributed by atoms with Crippen LogP contribution in [0.3, 0.4) is 0 Å². The third-order valence-corrected chi connectivity index (χ3v) is 2.10. The van der Waals surface area contributed by atoms with Crippen LogP contribution in [0.25, 0.3) is 5.57 Å². The molecular weight excluding hydrogens is 292 g/mol. The third kappa shape index (κ3) is 6.33. The van der Waals surface area contributed by atoms with Gasteiger partial charge in [0.1, 0.15) is 0 Å². The Bertz CT molecular complexity index is 417. The number of aliphatic carboxylic acids is 1. The largest absolute Gasteiger partial charge is 0.478 e. The average molecular weight is 303 g/mol. The number of nitrogens with one attached hydrogen (secondary N) is 1. The van der Waals surface area contributed by atoms with E-state index in [0.29, 0.717) is 5.56 Å². The van der Waals surface area contributed by atoms with Crippen LogP contribution in [0, 0.1) is 0 Å². The molecule has 0 spiro atoms. The van der Waals surface area contributed by atoms with E-state index in [9.17, 15) is 4.79 Å². The van der Waals surface area contributed by atoms with Crippen LogP contribution in [0.15, 0.2) is 35.3 Å². The van der Waals surface area contributed by atoms with Crippen LogP contribution in [0.5, 0.6) is 0 Å². The minimum atomic E-state index is -1.22. The molecule has 0 saturated carbocycles. The molecular formula is C10H11BrN2O4. The highest BCUT2D eigenvalue weighted by molar-refractivity contribution is 9.10. The van der Waals surface area contributed by atoms with Crippen LogP contribution in [-0.4, -0.2) is 22.3 Å². The van der Waals surface area contributed by atoms with Gasteiger partial charge >= 0.3 is 12.1 Å². The fourth-order valence-corrected chi connectivity index (χ4v) is 1.04. The third-order valence-electron chi connectivity index (χ3n) is 1.57. The zero-order chi connectivity index (χ0) is 13.4. The maximum absolute atomic E-state index is 10.5. The number of hydrogen-bond donors (Lipinski definition) is 4. The molecule has 0 saturated heterocycles. The zero-order valence-corrected chi connectivity index (χ0v) is 10.3. The number of hydrazine groups is 1. The molecule has 7 heteroatoms. The quantitative estimate of drug-likeness (QED) is 0.287. The summed E-state index contributed by atoms with van der Waals surface area (Å²) in [6.45, 7) is 3.44. The second kappa shape index (κ2) is 7.42. The second-order valence-corrected chi connectivity index (χ2v) is 3.66. The molecule has 0 aliphatic carbocycles. The Kier molecular flexibility index (Phi) is 6.61. The van der Waals surface area contributed by atoms with Gasteiger partial charge in [-0.3, -0.25) is 5.43 Å². The summed E-state index contributed by atoms with van der Waals surface area (Å²) in [5, 5.41) is 16.1. The molecule has 0 atom stereocenters. The predicted octanol–water partition coefficient (Wildman–Crippen LogP) is 1.67. The van der Waals surface area contributed by atoms with Gasteiger partial charge in [0, 0.05) is 4.47 Å². The van der Waals surface area contributed by atoms with Crippen molar-refractivity contribution >= 4 is 33.6 Å². The molecule has 0 aliphatic rings. The Balaban J connectivity index is 0.000000437. The second-order valence-electron chi connectivity index (χ2n) is 2.74. The number of hydrogen-bond acceptors (Lipinski definition) is 3. The summed E-state index contributed by atoms with van der Waals surface area (Å²) in [5.74, 6) is 3.33. The van der Waals surface area contributed by atoms with Gasteiger partial charge < -0.3 is 10.2 Å². The molecule has 1 aromatic rings. The maximum atomic E-state index is 10.5. The van der Waals surface area contributed by atoms with Crippen LogP contribution in [0.1, 0.15) is 5.56 Å². The van der Waals surface area contributed by atoms with Crippen LogP contribution >= 0.6 is 15.9 Å². The first-order valence-electron chi connectivity index (χ1n) is 4.26. The van der Waals surface area contributed by atoms with E-state index in [1.807, 2.05) is 0 Å². The number of carbonyl (C=O) groups is 2. The normalized spacial score (nSPS) is 8.59. The van der Waals surface area contributed by atoms with Crippen LogP contribution in [0.2, 0.25) is 0 Å². The van der Waals surface area contributed by atoms with E-state index in [-0.39, 0.29) is 5.57 Å². The molecule has 1 aromatic carbocycles. The number of carboxylic acids is 1. The lowest BCUT2D eigenvalue weighted by Gasteiger charge is -1.99. The van der Waals surface area contributed by atoms with E-state index in [1.165, 1.54) is 5.43 Å². The van der Waals surface area contributed by atoms with Gasteiger partial charge in [-0.15, -0.1) is 0 Å². The molecule has 6 nitrogen and oxygen atoms in total. The monoisotopic (exact) mass is 302 g/mol. The Morgan fingerprint density at radius 3 is 1.94 bits per heavy atom. The van der Waals surface area contributed by atoms with Gasteiger partial charge in [-0.2, -0.15) is 0 Å². The number of nitrogens with two attached hydrogens (primary N) is 1. The molecule has 0 radical (unpaired) electrons. The first-order valence-corrected chi connectivity index (χ1v) is 5.05. The zero-order valence-electron chi connectivity index (χ0n) is 8.68. The molecule has 92 valence electrons. The SMILES string of the molecule is C=C(C(=O)O)c1ccc(Br)cc1.NNC(=O)O. The van der Waals surface area contributed by atoms with E-state index in [1.54, 1.807) is 24.3 Å². The van der Waals surface area contributed by atoms with E-state index in [2.05, 4.69) is 28.4 Å². The number of halogens is 1. The highest BCUT2D eigenvalue weighted by Crippen LogP contribution is 2.16. The van der Waals surface area contributed by atoms with Crippen molar-refractivity contribution in [1.82, 2.24) is 5.43 Å². The van der Waals surface area contributed by atoms with Gasteiger partial charge in [-0.05, 0) is 17.7 Å². The Labute approximate surface area is 106 Å². The smallest absolute Gasteiger partial charge is 0.418 e. The van der Waals surface area contributed by atoms with E-state index in [4.69, 9.17) is 15.0 Å². The van der Waals surface area contributed by atoms with Crippen molar-refractivity contribution in [3.05, 3.63) is 40.9 Å². The van der Waals surface area contributed by atoms with Crippen molar-refractivity contribution in [1.29, 1.82) is 0 Å². The lowest BCUT2D eigenvalue weighted by atomic mass is 10.1. The standard InChI is InChI=1S/C9H7BrO2.CH4N2O2/c1-6(9(11)12)7-2-4-8(10)5-3-7;2-3-1(4)5/h2-5H,1H2,(H,11,12);3H,2H2,(H,4,5). The first kappa shape index (κ1) is 15.1. The number of carboxylic acid groups (broad SMARTS) is 2. The van der Waals surface area contributed by atoms with E-state index >= 15 is 0 Å². The number of rotatable bonds is 2. The van der Waals surface area contributed by atoms with Gasteiger partial charge in [0.2, 0.25) is 0 Å². The summed E-state index contributed by atoms with van der Waals surface area (Å²) in [5.41, 5.74) is 2.19.